The second-order valence-electron chi connectivity index (χ2n) is 7.04. The molecule has 6 nitrogen and oxygen atoms in total. The van der Waals surface area contributed by atoms with Crippen molar-refractivity contribution in [1.29, 1.82) is 0 Å². The first kappa shape index (κ1) is 23.4. The number of ether oxygens (including phenoxy) is 1. The number of rotatable bonds is 5. The number of methoxy groups -OCH3 is 1. The summed E-state index contributed by atoms with van der Waals surface area (Å²) in [5, 5.41) is 2.66. The van der Waals surface area contributed by atoms with Crippen LogP contribution in [0.3, 0.4) is 0 Å². The molecule has 0 radical (unpaired) electrons. The maximum absolute atomic E-state index is 12.9. The molecule has 1 aliphatic rings. The predicted molar refractivity (Wildman–Crippen MR) is 110 cm³/mol. The quantitative estimate of drug-likeness (QED) is 0.693. The van der Waals surface area contributed by atoms with E-state index < -0.39 is 33.6 Å². The minimum absolute atomic E-state index is 0.0187. The van der Waals surface area contributed by atoms with Gasteiger partial charge in [-0.1, -0.05) is 17.7 Å². The number of piperidine rings is 1. The molecule has 0 atom stereocenters. The van der Waals surface area contributed by atoms with Crippen LogP contribution in [-0.2, 0) is 21.0 Å². The maximum atomic E-state index is 12.9. The van der Waals surface area contributed by atoms with Crippen LogP contribution in [0.15, 0.2) is 47.4 Å². The zero-order valence-corrected chi connectivity index (χ0v) is 18.0. The molecule has 1 aliphatic heterocycles. The van der Waals surface area contributed by atoms with Crippen LogP contribution >= 0.6 is 11.6 Å². The molecule has 1 N–H and O–H groups in total. The van der Waals surface area contributed by atoms with Crippen LogP contribution in [-0.4, -0.2) is 38.8 Å². The molecule has 1 fully saturated rings. The van der Waals surface area contributed by atoms with Crippen LogP contribution in [0.2, 0.25) is 5.02 Å². The monoisotopic (exact) mass is 476 g/mol. The van der Waals surface area contributed by atoms with Crippen molar-refractivity contribution in [1.82, 2.24) is 4.31 Å². The van der Waals surface area contributed by atoms with E-state index in [0.29, 0.717) is 5.75 Å². The van der Waals surface area contributed by atoms with Crippen LogP contribution in [0.4, 0.5) is 18.9 Å². The molecule has 31 heavy (non-hydrogen) atoms. The van der Waals surface area contributed by atoms with Gasteiger partial charge < -0.3 is 10.1 Å². The summed E-state index contributed by atoms with van der Waals surface area (Å²) >= 11 is 6.02. The van der Waals surface area contributed by atoms with E-state index in [0.717, 1.165) is 12.1 Å². The lowest BCUT2D eigenvalue weighted by Gasteiger charge is -2.30. The summed E-state index contributed by atoms with van der Waals surface area (Å²) in [6, 6.07) is 8.54. The molecular weight excluding hydrogens is 457 g/mol. The number of halogens is 4. The Hall–Kier alpha value is -2.30. The fourth-order valence-corrected chi connectivity index (χ4v) is 5.15. The number of nitrogens with zero attached hydrogens (tertiary/aromatic N) is 1. The molecule has 11 heteroatoms. The number of anilines is 1. The Morgan fingerprint density at radius 2 is 1.84 bits per heavy atom. The van der Waals surface area contributed by atoms with E-state index in [1.165, 1.54) is 41.7 Å². The van der Waals surface area contributed by atoms with Gasteiger partial charge in [-0.05, 0) is 49.2 Å². The Bertz CT molecular complexity index is 1070. The minimum atomic E-state index is -4.51. The molecule has 0 aliphatic carbocycles. The number of alkyl halides is 3. The summed E-state index contributed by atoms with van der Waals surface area (Å²) in [6.07, 6.45) is -4.02. The molecular formula is C20H20ClF3N2O4S. The molecule has 2 aromatic rings. The van der Waals surface area contributed by atoms with Crippen molar-refractivity contribution < 1.29 is 31.1 Å². The average Bonchev–Trinajstić information content (AvgIpc) is 2.73. The predicted octanol–water partition coefficient (Wildman–Crippen LogP) is 4.41. The molecule has 1 saturated heterocycles. The Labute approximate surface area is 183 Å². The van der Waals surface area contributed by atoms with Crippen molar-refractivity contribution in [3.05, 3.63) is 53.1 Å². The van der Waals surface area contributed by atoms with Crippen molar-refractivity contribution in [3.8, 4) is 5.75 Å². The number of hydrogen-bond donors (Lipinski definition) is 1. The van der Waals surface area contributed by atoms with Crippen molar-refractivity contribution in [2.45, 2.75) is 23.9 Å². The highest BCUT2D eigenvalue weighted by Gasteiger charge is 2.33. The molecule has 1 amide bonds. The van der Waals surface area contributed by atoms with Gasteiger partial charge in [0.25, 0.3) is 0 Å². The number of sulfonamides is 1. The van der Waals surface area contributed by atoms with E-state index in [9.17, 15) is 26.4 Å². The van der Waals surface area contributed by atoms with Crippen LogP contribution in [0, 0.1) is 5.92 Å². The molecule has 3 rings (SSSR count). The van der Waals surface area contributed by atoms with Crippen LogP contribution in [0.1, 0.15) is 18.4 Å². The van der Waals surface area contributed by atoms with Gasteiger partial charge in [0.1, 0.15) is 5.75 Å². The number of nitrogens with one attached hydrogen (secondary N) is 1. The number of amides is 1. The normalized spacial score (nSPS) is 16.2. The molecule has 168 valence electrons. The Kier molecular flexibility index (Phi) is 6.82. The summed E-state index contributed by atoms with van der Waals surface area (Å²) in [5.41, 5.74) is -0.813. The Morgan fingerprint density at radius 3 is 2.42 bits per heavy atom. The van der Waals surface area contributed by atoms with E-state index in [-0.39, 0.29) is 41.5 Å². The van der Waals surface area contributed by atoms with Gasteiger partial charge in [0.15, 0.2) is 0 Å². The molecule has 1 heterocycles. The summed E-state index contributed by atoms with van der Waals surface area (Å²) in [6.45, 7) is 0.208. The van der Waals surface area contributed by atoms with Crippen LogP contribution < -0.4 is 10.1 Å². The smallest absolute Gasteiger partial charge is 0.416 e. The third-order valence-electron chi connectivity index (χ3n) is 5.04. The van der Waals surface area contributed by atoms with Crippen molar-refractivity contribution >= 4 is 33.2 Å². The first-order chi connectivity index (χ1) is 14.5. The van der Waals surface area contributed by atoms with E-state index in [1.54, 1.807) is 0 Å². The first-order valence-electron chi connectivity index (χ1n) is 9.34. The van der Waals surface area contributed by atoms with Gasteiger partial charge in [0.2, 0.25) is 15.9 Å². The maximum Gasteiger partial charge on any atom is 0.416 e. The zero-order valence-electron chi connectivity index (χ0n) is 16.4. The van der Waals surface area contributed by atoms with Crippen molar-refractivity contribution in [2.24, 2.45) is 5.92 Å². The standard InChI is InChI=1S/C20H20ClF3N2O4S/c1-30-18-6-5-16(12-17(18)21)31(28,29)26-9-7-13(8-10-26)19(27)25-15-4-2-3-14(11-15)20(22,23)24/h2-6,11-13H,7-10H2,1H3,(H,25,27). The summed E-state index contributed by atoms with van der Waals surface area (Å²) in [7, 11) is -2.38. The molecule has 0 saturated carbocycles. The second kappa shape index (κ2) is 9.05. The van der Waals surface area contributed by atoms with Gasteiger partial charge in [-0.15, -0.1) is 0 Å². The van der Waals surface area contributed by atoms with E-state index in [2.05, 4.69) is 5.32 Å². The number of carbonyl (C=O) groups excluding carboxylic acids is 1. The molecule has 0 bridgehead atoms. The SMILES string of the molecule is COc1ccc(S(=O)(=O)N2CCC(C(=O)Nc3cccc(C(F)(F)F)c3)CC2)cc1Cl. The highest BCUT2D eigenvalue weighted by atomic mass is 35.5. The highest BCUT2D eigenvalue weighted by Crippen LogP contribution is 2.32. The highest BCUT2D eigenvalue weighted by molar-refractivity contribution is 7.89. The molecule has 0 aromatic heterocycles. The van der Waals surface area contributed by atoms with Crippen molar-refractivity contribution in [2.75, 3.05) is 25.5 Å². The number of benzene rings is 2. The fourth-order valence-electron chi connectivity index (χ4n) is 3.33. The van der Waals surface area contributed by atoms with E-state index in [1.807, 2.05) is 0 Å². The lowest BCUT2D eigenvalue weighted by molar-refractivity contribution is -0.137. The summed E-state index contributed by atoms with van der Waals surface area (Å²) in [5.74, 6) is -0.602. The van der Waals surface area contributed by atoms with Crippen molar-refractivity contribution in [3.63, 3.8) is 0 Å². The van der Waals surface area contributed by atoms with Gasteiger partial charge in [0, 0.05) is 24.7 Å². The summed E-state index contributed by atoms with van der Waals surface area (Å²) < 4.78 is 70.5. The van der Waals surface area contributed by atoms with Crippen LogP contribution in [0.5, 0.6) is 5.75 Å². The number of carbonyl (C=O) groups is 1. The van der Waals surface area contributed by atoms with Gasteiger partial charge in [-0.3, -0.25) is 4.79 Å². The Balaban J connectivity index is 1.64. The van der Waals surface area contributed by atoms with Gasteiger partial charge in [0.05, 0.1) is 22.6 Å². The third kappa shape index (κ3) is 5.31. The number of hydrogen-bond acceptors (Lipinski definition) is 4. The van der Waals surface area contributed by atoms with E-state index in [4.69, 9.17) is 16.3 Å². The fraction of sp³-hybridized carbons (Fsp3) is 0.350. The van der Waals surface area contributed by atoms with Gasteiger partial charge in [-0.2, -0.15) is 17.5 Å². The first-order valence-corrected chi connectivity index (χ1v) is 11.2. The second-order valence-corrected chi connectivity index (χ2v) is 9.39. The zero-order chi connectivity index (χ0) is 22.8. The van der Waals surface area contributed by atoms with E-state index >= 15 is 0 Å². The lowest BCUT2D eigenvalue weighted by Crippen LogP contribution is -2.41. The van der Waals surface area contributed by atoms with Gasteiger partial charge >= 0.3 is 6.18 Å². The summed E-state index contributed by atoms with van der Waals surface area (Å²) in [4.78, 5) is 12.5. The molecule has 2 aromatic carbocycles. The molecule has 0 spiro atoms. The average molecular weight is 477 g/mol. The minimum Gasteiger partial charge on any atom is -0.495 e. The largest absolute Gasteiger partial charge is 0.495 e. The van der Waals surface area contributed by atoms with Crippen LogP contribution in [0.25, 0.3) is 0 Å². The van der Waals surface area contributed by atoms with Gasteiger partial charge in [-0.25, -0.2) is 8.42 Å². The lowest BCUT2D eigenvalue weighted by atomic mass is 9.97. The Morgan fingerprint density at radius 1 is 1.16 bits per heavy atom. The topological polar surface area (TPSA) is 75.7 Å². The third-order valence-corrected chi connectivity index (χ3v) is 7.23. The molecule has 0 unspecified atom stereocenters.